The van der Waals surface area contributed by atoms with E-state index in [0.29, 0.717) is 0 Å². The van der Waals surface area contributed by atoms with Gasteiger partial charge in [0.05, 0.1) is 5.69 Å². The molecule has 3 rings (SSSR count). The number of pyridine rings is 1. The molecular formula is C12H14BrNO. The highest BCUT2D eigenvalue weighted by Crippen LogP contribution is 2.65. The minimum Gasteiger partial charge on any atom is -0.383 e. The van der Waals surface area contributed by atoms with Crippen LogP contribution in [0.2, 0.25) is 0 Å². The van der Waals surface area contributed by atoms with E-state index in [1.165, 1.54) is 5.56 Å². The van der Waals surface area contributed by atoms with Crippen LogP contribution < -0.4 is 0 Å². The van der Waals surface area contributed by atoms with Crippen molar-refractivity contribution >= 4 is 15.9 Å². The Labute approximate surface area is 97.9 Å². The van der Waals surface area contributed by atoms with Crippen LogP contribution in [-0.4, -0.2) is 10.1 Å². The van der Waals surface area contributed by atoms with E-state index in [9.17, 15) is 5.11 Å². The highest BCUT2D eigenvalue weighted by atomic mass is 79.9. The molecule has 0 aromatic carbocycles. The van der Waals surface area contributed by atoms with Gasteiger partial charge in [0.15, 0.2) is 0 Å². The van der Waals surface area contributed by atoms with Gasteiger partial charge >= 0.3 is 0 Å². The van der Waals surface area contributed by atoms with Crippen LogP contribution in [0.25, 0.3) is 0 Å². The predicted octanol–water partition coefficient (Wildman–Crippen LogP) is 2.78. The smallest absolute Gasteiger partial charge is 0.112 e. The first-order chi connectivity index (χ1) is 7.11. The van der Waals surface area contributed by atoms with Crippen molar-refractivity contribution in [1.29, 1.82) is 0 Å². The molecule has 1 atom stereocenters. The minimum absolute atomic E-state index is 0.123. The fourth-order valence-corrected chi connectivity index (χ4v) is 3.32. The van der Waals surface area contributed by atoms with Crippen LogP contribution in [0.15, 0.2) is 16.7 Å². The van der Waals surface area contributed by atoms with Crippen LogP contribution in [0.4, 0.5) is 0 Å². The van der Waals surface area contributed by atoms with Crippen LogP contribution in [0.3, 0.4) is 0 Å². The monoisotopic (exact) mass is 267 g/mol. The molecular weight excluding hydrogens is 254 g/mol. The van der Waals surface area contributed by atoms with Crippen molar-refractivity contribution in [3.05, 3.63) is 28.0 Å². The quantitative estimate of drug-likeness (QED) is 0.794. The number of rotatable bonds is 1. The fraction of sp³-hybridized carbons (Fsp3) is 0.583. The van der Waals surface area contributed by atoms with Crippen LogP contribution in [-0.2, 0) is 12.0 Å². The van der Waals surface area contributed by atoms with Gasteiger partial charge in [-0.3, -0.25) is 0 Å². The normalized spacial score (nSPS) is 30.6. The lowest BCUT2D eigenvalue weighted by Crippen LogP contribution is -2.32. The average molecular weight is 268 g/mol. The average Bonchev–Trinajstić information content (AvgIpc) is 2.96. The number of aromatic nitrogens is 1. The highest BCUT2D eigenvalue weighted by molar-refractivity contribution is 9.10. The molecule has 1 heterocycles. The molecule has 80 valence electrons. The topological polar surface area (TPSA) is 33.1 Å². The molecule has 1 N–H and O–H groups in total. The van der Waals surface area contributed by atoms with Crippen molar-refractivity contribution in [2.45, 2.75) is 38.2 Å². The summed E-state index contributed by atoms with van der Waals surface area (Å²) in [5.74, 6) is 0. The third-order valence-corrected chi connectivity index (χ3v) is 4.55. The summed E-state index contributed by atoms with van der Waals surface area (Å²) in [7, 11) is 0. The number of halogens is 1. The van der Waals surface area contributed by atoms with E-state index in [-0.39, 0.29) is 5.41 Å². The Balaban J connectivity index is 2.19. The number of nitrogens with zero attached hydrogens (tertiary/aromatic N) is 1. The van der Waals surface area contributed by atoms with Gasteiger partial charge in [0.25, 0.3) is 0 Å². The van der Waals surface area contributed by atoms with Gasteiger partial charge in [0.2, 0.25) is 0 Å². The van der Waals surface area contributed by atoms with E-state index in [0.717, 1.165) is 36.0 Å². The Morgan fingerprint density at radius 1 is 1.47 bits per heavy atom. The molecule has 1 aromatic rings. The third-order valence-electron chi connectivity index (χ3n) is 4.11. The zero-order valence-electron chi connectivity index (χ0n) is 8.76. The summed E-state index contributed by atoms with van der Waals surface area (Å²) in [5, 5.41) is 10.8. The lowest BCUT2D eigenvalue weighted by Gasteiger charge is -2.29. The van der Waals surface area contributed by atoms with Gasteiger partial charge in [-0.1, -0.05) is 13.0 Å². The molecule has 15 heavy (non-hydrogen) atoms. The molecule has 1 aromatic heterocycles. The minimum atomic E-state index is -0.674. The summed E-state index contributed by atoms with van der Waals surface area (Å²) in [6, 6.07) is 4.07. The maximum Gasteiger partial charge on any atom is 0.112 e. The molecule has 1 unspecified atom stereocenters. The standard InChI is InChI=1S/C12H14BrNO/c1-2-12(15)10-8(3-4-9(13)14-10)7-11(12)5-6-11/h3-4,15H,2,5-7H2,1H3. The zero-order valence-corrected chi connectivity index (χ0v) is 10.3. The molecule has 1 fully saturated rings. The SMILES string of the molecule is CCC1(O)c2nc(Br)ccc2CC12CC2. The Bertz CT molecular complexity index is 428. The first-order valence-corrected chi connectivity index (χ1v) is 6.29. The van der Waals surface area contributed by atoms with E-state index in [1.807, 2.05) is 6.07 Å². The van der Waals surface area contributed by atoms with Crippen LogP contribution in [0.1, 0.15) is 37.4 Å². The third kappa shape index (κ3) is 1.11. The van der Waals surface area contributed by atoms with Crippen molar-refractivity contribution in [2.75, 3.05) is 0 Å². The van der Waals surface area contributed by atoms with Gasteiger partial charge < -0.3 is 5.11 Å². The second kappa shape index (κ2) is 2.83. The predicted molar refractivity (Wildman–Crippen MR) is 61.5 cm³/mol. The van der Waals surface area contributed by atoms with Gasteiger partial charge in [-0.05, 0) is 53.2 Å². The Kier molecular flexibility index (Phi) is 1.85. The van der Waals surface area contributed by atoms with Crippen molar-refractivity contribution in [3.8, 4) is 0 Å². The van der Waals surface area contributed by atoms with E-state index < -0.39 is 5.60 Å². The highest BCUT2D eigenvalue weighted by Gasteiger charge is 2.63. The van der Waals surface area contributed by atoms with Crippen LogP contribution in [0, 0.1) is 5.41 Å². The molecule has 2 nitrogen and oxygen atoms in total. The van der Waals surface area contributed by atoms with Gasteiger partial charge in [0.1, 0.15) is 10.2 Å². The summed E-state index contributed by atoms with van der Waals surface area (Å²) >= 11 is 3.38. The van der Waals surface area contributed by atoms with Crippen molar-refractivity contribution in [1.82, 2.24) is 4.98 Å². The van der Waals surface area contributed by atoms with Crippen molar-refractivity contribution in [2.24, 2.45) is 5.41 Å². The first-order valence-electron chi connectivity index (χ1n) is 5.50. The van der Waals surface area contributed by atoms with Gasteiger partial charge in [0, 0.05) is 5.41 Å². The summed E-state index contributed by atoms with van der Waals surface area (Å²) in [6.45, 7) is 2.05. The summed E-state index contributed by atoms with van der Waals surface area (Å²) < 4.78 is 0.825. The summed E-state index contributed by atoms with van der Waals surface area (Å²) in [4.78, 5) is 4.48. The fourth-order valence-electron chi connectivity index (χ4n) is 3.01. The number of hydrogen-bond acceptors (Lipinski definition) is 2. The van der Waals surface area contributed by atoms with E-state index in [2.05, 4.69) is 33.9 Å². The Hall–Kier alpha value is -0.410. The molecule has 0 aliphatic heterocycles. The zero-order chi connectivity index (χ0) is 10.7. The van der Waals surface area contributed by atoms with Crippen LogP contribution in [0.5, 0.6) is 0 Å². The Morgan fingerprint density at radius 3 is 2.80 bits per heavy atom. The molecule has 3 heteroatoms. The number of fused-ring (bicyclic) bond motifs is 1. The van der Waals surface area contributed by atoms with E-state index in [1.54, 1.807) is 0 Å². The van der Waals surface area contributed by atoms with Gasteiger partial charge in [-0.2, -0.15) is 0 Å². The van der Waals surface area contributed by atoms with Crippen molar-refractivity contribution in [3.63, 3.8) is 0 Å². The second-order valence-electron chi connectivity index (χ2n) is 4.81. The molecule has 0 amide bonds. The molecule has 2 aliphatic carbocycles. The van der Waals surface area contributed by atoms with E-state index in [4.69, 9.17) is 0 Å². The molecule has 0 saturated heterocycles. The first kappa shape index (κ1) is 9.79. The van der Waals surface area contributed by atoms with Gasteiger partial charge in [-0.25, -0.2) is 4.98 Å². The summed E-state index contributed by atoms with van der Waals surface area (Å²) in [5.41, 5.74) is 1.60. The molecule has 0 bridgehead atoms. The molecule has 2 aliphatic rings. The van der Waals surface area contributed by atoms with E-state index >= 15 is 0 Å². The maximum absolute atomic E-state index is 10.8. The molecule has 1 spiro atoms. The molecule has 1 saturated carbocycles. The molecule has 0 radical (unpaired) electrons. The Morgan fingerprint density at radius 2 is 2.20 bits per heavy atom. The van der Waals surface area contributed by atoms with Crippen molar-refractivity contribution < 1.29 is 5.11 Å². The largest absolute Gasteiger partial charge is 0.383 e. The number of hydrogen-bond donors (Lipinski definition) is 1. The lowest BCUT2D eigenvalue weighted by atomic mass is 9.84. The maximum atomic E-state index is 10.8. The number of aliphatic hydroxyl groups is 1. The lowest BCUT2D eigenvalue weighted by molar-refractivity contribution is -0.0325. The van der Waals surface area contributed by atoms with Gasteiger partial charge in [-0.15, -0.1) is 0 Å². The second-order valence-corrected chi connectivity index (χ2v) is 5.63. The summed E-state index contributed by atoms with van der Waals surface area (Å²) in [6.07, 6.45) is 4.06. The van der Waals surface area contributed by atoms with Crippen LogP contribution >= 0.6 is 15.9 Å².